The summed E-state index contributed by atoms with van der Waals surface area (Å²) in [5.74, 6) is 0.566. The summed E-state index contributed by atoms with van der Waals surface area (Å²) in [7, 11) is 0. The van der Waals surface area contributed by atoms with Crippen LogP contribution in [0, 0.1) is 5.92 Å². The van der Waals surface area contributed by atoms with Crippen LogP contribution in [0.15, 0.2) is 18.2 Å². The van der Waals surface area contributed by atoms with E-state index in [9.17, 15) is 13.2 Å². The van der Waals surface area contributed by atoms with Crippen LogP contribution in [-0.4, -0.2) is 31.1 Å². The Morgan fingerprint density at radius 3 is 2.50 bits per heavy atom. The van der Waals surface area contributed by atoms with Gasteiger partial charge < -0.3 is 5.32 Å². The van der Waals surface area contributed by atoms with Crippen molar-refractivity contribution in [1.29, 1.82) is 0 Å². The highest BCUT2D eigenvalue weighted by Crippen LogP contribution is 2.44. The molecule has 0 radical (unpaired) electrons. The lowest BCUT2D eigenvalue weighted by Crippen LogP contribution is -2.45. The van der Waals surface area contributed by atoms with Crippen molar-refractivity contribution in [1.82, 2.24) is 10.2 Å². The molecule has 0 bridgehead atoms. The van der Waals surface area contributed by atoms with Gasteiger partial charge in [0.05, 0.1) is 5.56 Å². The summed E-state index contributed by atoms with van der Waals surface area (Å²) in [5.41, 5.74) is -0.199. The van der Waals surface area contributed by atoms with Crippen molar-refractivity contribution in [2.24, 2.45) is 5.92 Å². The Kier molecular flexibility index (Phi) is 4.67. The number of hydrogen-bond acceptors (Lipinski definition) is 2. The van der Waals surface area contributed by atoms with Crippen LogP contribution in [-0.2, 0) is 6.18 Å². The summed E-state index contributed by atoms with van der Waals surface area (Å²) in [6.07, 6.45) is -1.28. The molecule has 0 amide bonds. The minimum Gasteiger partial charge on any atom is -0.314 e. The summed E-state index contributed by atoms with van der Waals surface area (Å²) in [5, 5.41) is 3.40. The van der Waals surface area contributed by atoms with Gasteiger partial charge in [-0.2, -0.15) is 13.2 Å². The van der Waals surface area contributed by atoms with Gasteiger partial charge in [-0.25, -0.2) is 0 Å². The lowest BCUT2D eigenvalue weighted by molar-refractivity contribution is -0.138. The van der Waals surface area contributed by atoms with Crippen molar-refractivity contribution in [3.63, 3.8) is 0 Å². The summed E-state index contributed by atoms with van der Waals surface area (Å²) in [6.45, 7) is 3.24. The van der Waals surface area contributed by atoms with Crippen LogP contribution in [0.3, 0.4) is 0 Å². The maximum absolute atomic E-state index is 13.4. The average molecular weight is 333 g/mol. The van der Waals surface area contributed by atoms with Crippen molar-refractivity contribution in [3.8, 4) is 0 Å². The molecule has 122 valence electrons. The normalized spacial score (nSPS) is 21.8. The van der Waals surface area contributed by atoms with Crippen LogP contribution in [0.1, 0.15) is 36.4 Å². The van der Waals surface area contributed by atoms with Crippen molar-refractivity contribution in [2.45, 2.75) is 31.5 Å². The average Bonchev–Trinajstić information content (AvgIpc) is 3.29. The smallest absolute Gasteiger partial charge is 0.314 e. The quantitative estimate of drug-likeness (QED) is 0.892. The van der Waals surface area contributed by atoms with Gasteiger partial charge in [-0.3, -0.25) is 4.90 Å². The molecule has 1 N–H and O–H groups in total. The molecule has 1 aliphatic heterocycles. The van der Waals surface area contributed by atoms with Crippen molar-refractivity contribution in [2.75, 3.05) is 26.2 Å². The fourth-order valence-electron chi connectivity index (χ4n) is 3.20. The van der Waals surface area contributed by atoms with E-state index in [0.29, 0.717) is 11.5 Å². The van der Waals surface area contributed by atoms with Crippen LogP contribution in [0.2, 0.25) is 5.02 Å². The minimum absolute atomic E-state index is 0.140. The molecule has 1 atom stereocenters. The highest BCUT2D eigenvalue weighted by atomic mass is 35.5. The first kappa shape index (κ1) is 16.1. The molecule has 2 aliphatic rings. The zero-order chi connectivity index (χ0) is 15.7. The molecule has 1 aromatic rings. The summed E-state index contributed by atoms with van der Waals surface area (Å²) >= 11 is 5.81. The number of hydrogen-bond donors (Lipinski definition) is 1. The van der Waals surface area contributed by atoms with Gasteiger partial charge in [-0.1, -0.05) is 30.5 Å². The largest absolute Gasteiger partial charge is 0.416 e. The van der Waals surface area contributed by atoms with E-state index in [2.05, 4.69) is 10.2 Å². The molecule has 2 nitrogen and oxygen atoms in total. The SMILES string of the molecule is FC(F)(F)c1cc(Cl)ccc1[C@H](CC1CC1)N1CCNCC1. The summed E-state index contributed by atoms with van der Waals surface area (Å²) < 4.78 is 40.3. The lowest BCUT2D eigenvalue weighted by Gasteiger charge is -2.36. The second kappa shape index (κ2) is 6.38. The zero-order valence-electron chi connectivity index (χ0n) is 12.3. The second-order valence-electron chi connectivity index (χ2n) is 6.21. The lowest BCUT2D eigenvalue weighted by atomic mass is 9.94. The third kappa shape index (κ3) is 3.76. The summed E-state index contributed by atoms with van der Waals surface area (Å²) in [6, 6.07) is 4.05. The number of piperazine rings is 1. The van der Waals surface area contributed by atoms with Crippen molar-refractivity contribution < 1.29 is 13.2 Å². The first-order chi connectivity index (χ1) is 10.4. The van der Waals surface area contributed by atoms with E-state index < -0.39 is 11.7 Å². The van der Waals surface area contributed by atoms with Crippen LogP contribution < -0.4 is 5.32 Å². The van der Waals surface area contributed by atoms with Gasteiger partial charge in [0, 0.05) is 37.2 Å². The zero-order valence-corrected chi connectivity index (χ0v) is 13.1. The Labute approximate surface area is 133 Å². The molecule has 1 aliphatic carbocycles. The predicted molar refractivity (Wildman–Crippen MR) is 81.0 cm³/mol. The van der Waals surface area contributed by atoms with Crippen LogP contribution in [0.4, 0.5) is 13.2 Å². The highest BCUT2D eigenvalue weighted by Gasteiger charge is 2.38. The van der Waals surface area contributed by atoms with Gasteiger partial charge in [0.1, 0.15) is 0 Å². The van der Waals surface area contributed by atoms with Gasteiger partial charge in [0.25, 0.3) is 0 Å². The van der Waals surface area contributed by atoms with E-state index >= 15 is 0 Å². The molecule has 22 heavy (non-hydrogen) atoms. The molecule has 0 spiro atoms. The van der Waals surface area contributed by atoms with E-state index in [4.69, 9.17) is 11.6 Å². The third-order valence-electron chi connectivity index (χ3n) is 4.53. The Bertz CT molecular complexity index is 523. The maximum Gasteiger partial charge on any atom is 0.416 e. The number of alkyl halides is 3. The maximum atomic E-state index is 13.4. The van der Waals surface area contributed by atoms with Gasteiger partial charge in [-0.05, 0) is 30.0 Å². The second-order valence-corrected chi connectivity index (χ2v) is 6.65. The molecule has 0 aromatic heterocycles. The van der Waals surface area contributed by atoms with Crippen LogP contribution in [0.25, 0.3) is 0 Å². The number of nitrogens with zero attached hydrogens (tertiary/aromatic N) is 1. The van der Waals surface area contributed by atoms with E-state index in [0.717, 1.165) is 51.5 Å². The molecule has 0 unspecified atom stereocenters. The van der Waals surface area contributed by atoms with E-state index in [1.165, 1.54) is 0 Å². The molecule has 1 saturated heterocycles. The van der Waals surface area contributed by atoms with Crippen LogP contribution in [0.5, 0.6) is 0 Å². The van der Waals surface area contributed by atoms with Gasteiger partial charge >= 0.3 is 6.18 Å². The molecule has 2 fully saturated rings. The fourth-order valence-corrected chi connectivity index (χ4v) is 3.37. The Balaban J connectivity index is 1.95. The third-order valence-corrected chi connectivity index (χ3v) is 4.76. The van der Waals surface area contributed by atoms with E-state index in [1.807, 2.05) is 0 Å². The van der Waals surface area contributed by atoms with Gasteiger partial charge in [-0.15, -0.1) is 0 Å². The Hall–Kier alpha value is -0.780. The van der Waals surface area contributed by atoms with Crippen molar-refractivity contribution in [3.05, 3.63) is 34.3 Å². The monoisotopic (exact) mass is 332 g/mol. The van der Waals surface area contributed by atoms with E-state index in [-0.39, 0.29) is 11.1 Å². The molecule has 6 heteroatoms. The number of nitrogens with one attached hydrogen (secondary N) is 1. The molecular formula is C16H20ClF3N2. The first-order valence-electron chi connectivity index (χ1n) is 7.76. The minimum atomic E-state index is -4.37. The molecule has 1 heterocycles. The summed E-state index contributed by atoms with van der Waals surface area (Å²) in [4.78, 5) is 2.19. The molecule has 1 aromatic carbocycles. The standard InChI is InChI=1S/C16H20ClF3N2/c17-12-3-4-13(14(10-12)16(18,19)20)15(9-11-1-2-11)22-7-5-21-6-8-22/h3-4,10-11,15,21H,1-2,5-9H2/t15-/m0/s1. The number of rotatable bonds is 4. The first-order valence-corrected chi connectivity index (χ1v) is 8.14. The van der Waals surface area contributed by atoms with E-state index in [1.54, 1.807) is 12.1 Å². The number of halogens is 4. The Morgan fingerprint density at radius 1 is 1.23 bits per heavy atom. The molecule has 3 rings (SSSR count). The molecule has 1 saturated carbocycles. The van der Waals surface area contributed by atoms with Gasteiger partial charge in [0.2, 0.25) is 0 Å². The fraction of sp³-hybridized carbons (Fsp3) is 0.625. The molecular weight excluding hydrogens is 313 g/mol. The Morgan fingerprint density at radius 2 is 1.91 bits per heavy atom. The van der Waals surface area contributed by atoms with Gasteiger partial charge in [0.15, 0.2) is 0 Å². The predicted octanol–water partition coefficient (Wildman–Crippen LogP) is 4.11. The van der Waals surface area contributed by atoms with Crippen LogP contribution >= 0.6 is 11.6 Å². The topological polar surface area (TPSA) is 15.3 Å². The highest BCUT2D eigenvalue weighted by molar-refractivity contribution is 6.30. The van der Waals surface area contributed by atoms with Crippen molar-refractivity contribution >= 4 is 11.6 Å². The number of benzene rings is 1.